The Kier molecular flexibility index (Phi) is 22.6. The van der Waals surface area contributed by atoms with Crippen LogP contribution in [0.2, 0.25) is 0 Å². The third kappa shape index (κ3) is 13.1. The molecule has 456 valence electrons. The second-order valence-electron chi connectivity index (χ2n) is 19.6. The van der Waals surface area contributed by atoms with Gasteiger partial charge in [-0.15, -0.1) is 0 Å². The summed E-state index contributed by atoms with van der Waals surface area (Å²) in [4.78, 5) is 0. The summed E-state index contributed by atoms with van der Waals surface area (Å²) in [5.74, 6) is 0. The first-order valence-corrected chi connectivity index (χ1v) is 24.7. The fourth-order valence-electron chi connectivity index (χ4n) is 9.90. The molecular weight excluding hydrogens is 1080 g/mol. The van der Waals surface area contributed by atoms with E-state index in [2.05, 4.69) is 0 Å². The van der Waals surface area contributed by atoms with E-state index in [0.717, 1.165) is 0 Å². The van der Waals surface area contributed by atoms with Crippen molar-refractivity contribution in [3.05, 3.63) is 0 Å². The minimum absolute atomic E-state index is 0.875. The zero-order valence-electron chi connectivity index (χ0n) is 40.8. The maximum absolute atomic E-state index is 11.7. The summed E-state index contributed by atoms with van der Waals surface area (Å²) in [7, 11) is 0. The highest BCUT2D eigenvalue weighted by molar-refractivity contribution is 5.00. The molecule has 7 aliphatic heterocycles. The van der Waals surface area contributed by atoms with Crippen molar-refractivity contribution < 1.29 is 179 Å². The van der Waals surface area contributed by atoms with Crippen LogP contribution in [0, 0.1) is 0 Å². The van der Waals surface area contributed by atoms with Crippen LogP contribution in [0.25, 0.3) is 0 Å². The van der Waals surface area contributed by atoms with Crippen LogP contribution in [0.15, 0.2) is 0 Å². The summed E-state index contributed by atoms with van der Waals surface area (Å²) in [6, 6.07) is 0. The second-order valence-corrected chi connectivity index (χ2v) is 19.6. The van der Waals surface area contributed by atoms with Crippen LogP contribution in [0.3, 0.4) is 0 Å². The molecule has 0 aliphatic carbocycles. The van der Waals surface area contributed by atoms with Gasteiger partial charge in [-0.1, -0.05) is 0 Å². The zero-order chi connectivity index (χ0) is 57.3. The van der Waals surface area contributed by atoms with Crippen LogP contribution in [0.5, 0.6) is 0 Å². The Hall–Kier alpha value is -1.44. The maximum atomic E-state index is 11.7. The smallest absolute Gasteiger partial charge is 0.187 e. The van der Waals surface area contributed by atoms with Gasteiger partial charge in [-0.2, -0.15) is 0 Å². The Balaban J connectivity index is 1.10. The van der Waals surface area contributed by atoms with Gasteiger partial charge in [0.05, 0.1) is 46.2 Å². The SMILES string of the molecule is OCC1O[C@@H](O[C@H]2C(CO)O[C@H](OCC3O[C@@H](O[C@H]4C(CO)O[C@@H](O[C@H]5C(CO)O[C@H](O)C(O)[C@@H]5O)C(O)[C@@H]4O)C(O)[C@H](O)[C@H]3O[C@@H]3OC(CO)[C@H](O[C@@H]4OC(CO)[C@@H](O)[C@@H](O)C4O)[C@@H](O)C3O)C(O)[C@@H]2O)C(O)[C@H](O)[C@@H]1O. The summed E-state index contributed by atoms with van der Waals surface area (Å²) >= 11 is 0. The zero-order valence-corrected chi connectivity index (χ0v) is 40.8. The van der Waals surface area contributed by atoms with Crippen molar-refractivity contribution in [2.24, 2.45) is 0 Å². The molecule has 78 heavy (non-hydrogen) atoms. The van der Waals surface area contributed by atoms with Crippen LogP contribution in [-0.2, 0) is 61.6 Å². The summed E-state index contributed by atoms with van der Waals surface area (Å²) in [5, 5.41) is 244. The van der Waals surface area contributed by atoms with E-state index < -0.39 is 261 Å². The van der Waals surface area contributed by atoms with Gasteiger partial charge in [0.1, 0.15) is 171 Å². The Morgan fingerprint density at radius 2 is 0.449 bits per heavy atom. The Morgan fingerprint density at radius 1 is 0.218 bits per heavy atom. The van der Waals surface area contributed by atoms with Crippen LogP contribution in [0.1, 0.15) is 0 Å². The van der Waals surface area contributed by atoms with Gasteiger partial charge in [0, 0.05) is 0 Å². The summed E-state index contributed by atoms with van der Waals surface area (Å²) < 4.78 is 72.7. The average molecular weight is 1150 g/mol. The van der Waals surface area contributed by atoms with Gasteiger partial charge in [-0.3, -0.25) is 0 Å². The molecular formula is C42H72O36. The van der Waals surface area contributed by atoms with E-state index in [1.54, 1.807) is 0 Å². The first-order chi connectivity index (χ1) is 37.0. The molecule has 0 aromatic rings. The van der Waals surface area contributed by atoms with E-state index in [0.29, 0.717) is 0 Å². The molecule has 0 aromatic heterocycles. The number of hydrogen-bond donors (Lipinski definition) is 23. The lowest BCUT2D eigenvalue weighted by atomic mass is 9.95. The molecule has 0 amide bonds. The molecule has 0 spiro atoms. The van der Waals surface area contributed by atoms with Gasteiger partial charge in [-0.05, 0) is 0 Å². The lowest BCUT2D eigenvalue weighted by Crippen LogP contribution is -2.68. The van der Waals surface area contributed by atoms with Gasteiger partial charge < -0.3 is 179 Å². The minimum atomic E-state index is -2.34. The molecule has 7 fully saturated rings. The number of aliphatic hydroxyl groups excluding tert-OH is 23. The molecule has 7 aliphatic rings. The third-order valence-corrected chi connectivity index (χ3v) is 14.5. The molecule has 0 saturated carbocycles. The van der Waals surface area contributed by atoms with Gasteiger partial charge in [-0.25, -0.2) is 0 Å². The monoisotopic (exact) mass is 1150 g/mol. The van der Waals surface area contributed by atoms with Crippen molar-refractivity contribution in [1.29, 1.82) is 0 Å². The number of aliphatic hydroxyl groups is 23. The van der Waals surface area contributed by atoms with Gasteiger partial charge in [0.15, 0.2) is 44.0 Å². The van der Waals surface area contributed by atoms with Crippen LogP contribution in [-0.4, -0.2) is 379 Å². The molecule has 0 radical (unpaired) electrons. The van der Waals surface area contributed by atoms with Crippen LogP contribution in [0.4, 0.5) is 0 Å². The molecule has 14 unspecified atom stereocenters. The standard InChI is InChI=1S/C42H72O36/c43-1-8-15(49)17(51)25(59)38(68-8)75-32-11(4-46)70-37(27(61)20(32)54)66-7-14-35(78-41-29(63)22(56)33(12(5-47)72-41)76-39-26(60)18(52)16(50)9(2-44)69-39)23(57)30(64)42(73-14)77-34-13(6-48)71-40(28(62)21(34)55)74-31-10(3-45)67-36(65)24(58)19(31)53/h8-65H,1-7H2/t8?,9?,10?,11?,12?,13?,14?,15-,16-,17-,18-,19+,20+,21+,22+,23+,24?,25?,26?,27?,28?,29?,30?,31+,32+,33+,34+,35+,36+,37+,38+,39+,40+,41+,42+/m1/s1. The normalized spacial score (nSPS) is 53.5. The fourth-order valence-corrected chi connectivity index (χ4v) is 9.90. The lowest BCUT2D eigenvalue weighted by molar-refractivity contribution is -0.397. The highest BCUT2D eigenvalue weighted by Gasteiger charge is 2.58. The molecule has 7 rings (SSSR count). The van der Waals surface area contributed by atoms with Crippen molar-refractivity contribution in [1.82, 2.24) is 0 Å². The van der Waals surface area contributed by atoms with Gasteiger partial charge >= 0.3 is 0 Å². The van der Waals surface area contributed by atoms with Gasteiger partial charge in [0.2, 0.25) is 0 Å². The third-order valence-electron chi connectivity index (χ3n) is 14.5. The van der Waals surface area contributed by atoms with Gasteiger partial charge in [0.25, 0.3) is 0 Å². The van der Waals surface area contributed by atoms with Crippen molar-refractivity contribution >= 4 is 0 Å². The maximum Gasteiger partial charge on any atom is 0.187 e. The predicted molar refractivity (Wildman–Crippen MR) is 232 cm³/mol. The van der Waals surface area contributed by atoms with Crippen LogP contribution < -0.4 is 0 Å². The van der Waals surface area contributed by atoms with E-state index in [-0.39, 0.29) is 0 Å². The molecule has 7 saturated heterocycles. The van der Waals surface area contributed by atoms with Crippen LogP contribution >= 0.6 is 0 Å². The molecule has 35 atom stereocenters. The highest BCUT2D eigenvalue weighted by Crippen LogP contribution is 2.37. The number of hydrogen-bond acceptors (Lipinski definition) is 36. The molecule has 7 heterocycles. The molecule has 0 aromatic carbocycles. The topological polar surface area (TPSA) is 585 Å². The average Bonchev–Trinajstić information content (AvgIpc) is 3.47. The minimum Gasteiger partial charge on any atom is -0.394 e. The van der Waals surface area contributed by atoms with Crippen molar-refractivity contribution in [3.63, 3.8) is 0 Å². The summed E-state index contributed by atoms with van der Waals surface area (Å²) in [6.45, 7) is -6.87. The van der Waals surface area contributed by atoms with E-state index in [1.165, 1.54) is 0 Å². The quantitative estimate of drug-likeness (QED) is 0.0571. The molecule has 36 nitrogen and oxygen atoms in total. The largest absolute Gasteiger partial charge is 0.394 e. The Morgan fingerprint density at radius 3 is 0.769 bits per heavy atom. The molecule has 23 N–H and O–H groups in total. The Labute approximate surface area is 439 Å². The summed E-state index contributed by atoms with van der Waals surface area (Å²) in [6.07, 6.45) is -68.7. The number of rotatable bonds is 19. The van der Waals surface area contributed by atoms with E-state index in [4.69, 9.17) is 61.6 Å². The van der Waals surface area contributed by atoms with E-state index in [1.807, 2.05) is 0 Å². The van der Waals surface area contributed by atoms with E-state index in [9.17, 15) is 117 Å². The highest BCUT2D eigenvalue weighted by atomic mass is 16.8. The van der Waals surface area contributed by atoms with E-state index >= 15 is 0 Å². The lowest BCUT2D eigenvalue weighted by Gasteiger charge is -2.50. The van der Waals surface area contributed by atoms with Crippen molar-refractivity contribution in [3.8, 4) is 0 Å². The first-order valence-electron chi connectivity index (χ1n) is 24.7. The fraction of sp³-hybridized carbons (Fsp3) is 1.00. The van der Waals surface area contributed by atoms with Crippen molar-refractivity contribution in [2.45, 2.75) is 215 Å². The number of ether oxygens (including phenoxy) is 13. The molecule has 0 bridgehead atoms. The first kappa shape index (κ1) is 64.1. The molecule has 36 heteroatoms. The summed E-state index contributed by atoms with van der Waals surface area (Å²) in [5.41, 5.74) is 0. The van der Waals surface area contributed by atoms with Crippen molar-refractivity contribution in [2.75, 3.05) is 46.2 Å². The second kappa shape index (κ2) is 27.5. The predicted octanol–water partition coefficient (Wildman–Crippen LogP) is -16.3. The Bertz CT molecular complexity index is 1810.